The van der Waals surface area contributed by atoms with Gasteiger partial charge >= 0.3 is 5.91 Å². The zero-order valence-electron chi connectivity index (χ0n) is 17.9. The molecule has 0 aromatic heterocycles. The number of quaternary nitrogens is 2. The average molecular weight is 431 g/mol. The quantitative estimate of drug-likeness (QED) is 0.541. The molecule has 4 unspecified atom stereocenters. The Morgan fingerprint density at radius 2 is 1.59 bits per heavy atom. The number of aliphatic hydroxyl groups excluding tert-OH is 1. The minimum absolute atomic E-state index is 0.0159. The van der Waals surface area contributed by atoms with E-state index in [9.17, 15) is 14.7 Å². The molecule has 1 saturated heterocycles. The number of benzene rings is 2. The second-order valence-corrected chi connectivity index (χ2v) is 7.75. The van der Waals surface area contributed by atoms with E-state index in [0.717, 1.165) is 5.69 Å². The fourth-order valence-electron chi connectivity index (χ4n) is 3.64. The molecule has 0 radical (unpaired) electrons. The first-order chi connectivity index (χ1) is 15.4. The molecule has 32 heavy (non-hydrogen) atoms. The summed E-state index contributed by atoms with van der Waals surface area (Å²) in [5.74, 6) is -0.684. The van der Waals surface area contributed by atoms with Gasteiger partial charge in [0, 0.05) is 17.3 Å². The first-order valence-electron chi connectivity index (χ1n) is 10.3. The lowest BCUT2D eigenvalue weighted by Crippen LogP contribution is -3.04. The van der Waals surface area contributed by atoms with Crippen LogP contribution in [0, 0.1) is 0 Å². The van der Waals surface area contributed by atoms with Crippen LogP contribution in [0.25, 0.3) is 10.9 Å². The predicted molar refractivity (Wildman–Crippen MR) is 120 cm³/mol. The molecule has 2 heterocycles. The van der Waals surface area contributed by atoms with Crippen molar-refractivity contribution >= 4 is 23.2 Å². The van der Waals surface area contributed by atoms with E-state index >= 15 is 0 Å². The third kappa shape index (κ3) is 4.12. The second kappa shape index (κ2) is 8.89. The van der Waals surface area contributed by atoms with Crippen molar-refractivity contribution < 1.29 is 24.7 Å². The molecule has 0 saturated carbocycles. The van der Waals surface area contributed by atoms with Crippen molar-refractivity contribution in [3.8, 4) is 0 Å². The van der Waals surface area contributed by atoms with E-state index in [-0.39, 0.29) is 28.4 Å². The van der Waals surface area contributed by atoms with Gasteiger partial charge in [-0.05, 0) is 37.3 Å². The highest BCUT2D eigenvalue weighted by Crippen LogP contribution is 2.25. The fraction of sp³-hybridized carbons (Fsp3) is 0.167. The molecule has 2 aliphatic heterocycles. The molecule has 8 nitrogen and oxygen atoms in total. The lowest BCUT2D eigenvalue weighted by atomic mass is 10.0. The first-order valence-corrected chi connectivity index (χ1v) is 10.3. The van der Waals surface area contributed by atoms with Crippen molar-refractivity contribution in [1.29, 1.82) is 0 Å². The van der Waals surface area contributed by atoms with Gasteiger partial charge in [-0.3, -0.25) is 4.79 Å². The number of para-hydroxylation sites is 2. The predicted octanol–water partition coefficient (Wildman–Crippen LogP) is 1.65. The topological polar surface area (TPSA) is 103 Å². The van der Waals surface area contributed by atoms with Crippen LogP contribution in [0.4, 0.5) is 11.4 Å². The summed E-state index contributed by atoms with van der Waals surface area (Å²) in [4.78, 5) is 25.6. The summed E-state index contributed by atoms with van der Waals surface area (Å²) in [6.07, 6.45) is 0.722. The maximum atomic E-state index is 13.3. The van der Waals surface area contributed by atoms with Crippen molar-refractivity contribution in [1.82, 2.24) is 5.32 Å². The van der Waals surface area contributed by atoms with Crippen LogP contribution in [0.2, 0.25) is 0 Å². The van der Waals surface area contributed by atoms with Crippen molar-refractivity contribution in [2.75, 3.05) is 0 Å². The normalized spacial score (nSPS) is 26.6. The lowest BCUT2D eigenvalue weighted by molar-refractivity contribution is -0.762. The van der Waals surface area contributed by atoms with Crippen LogP contribution in [-0.2, 0) is 9.59 Å². The molecule has 0 aliphatic carbocycles. The largest absolute Gasteiger partial charge is 0.467 e. The molecule has 4 N–H and O–H groups in total. The molecule has 2 aromatic carbocycles. The third-order valence-corrected chi connectivity index (χ3v) is 5.36. The summed E-state index contributed by atoms with van der Waals surface area (Å²) in [5.41, 5.74) is 11.6. The van der Waals surface area contributed by atoms with Gasteiger partial charge in [-0.1, -0.05) is 55.9 Å². The molecule has 0 spiro atoms. The fourth-order valence-corrected chi connectivity index (χ4v) is 3.64. The number of carbonyl (C=O) groups excluding carboxylic acids is 2. The number of nitrogens with zero attached hydrogens (tertiary/aromatic N) is 2. The minimum Gasteiger partial charge on any atom is -0.467 e. The van der Waals surface area contributed by atoms with E-state index in [0.29, 0.717) is 21.8 Å². The number of aliphatic hydroxyl groups is 1. The molecular formula is C24H25N5O3. The monoisotopic (exact) mass is 431 g/mol. The maximum absolute atomic E-state index is 13.3. The number of nitrogens with one attached hydrogen (secondary N) is 3. The molecule has 2 amide bonds. The number of carbonyl (C=O) groups is 2. The van der Waals surface area contributed by atoms with Crippen LogP contribution in [-0.4, -0.2) is 29.1 Å². The molecule has 0 bridgehead atoms. The number of rotatable bonds is 5. The van der Waals surface area contributed by atoms with Crippen molar-refractivity contribution in [2.45, 2.75) is 26.1 Å². The highest BCUT2D eigenvalue weighted by molar-refractivity contribution is 5.97. The number of hydrogen-bond donors (Lipinski definition) is 4. The Labute approximate surface area is 186 Å². The van der Waals surface area contributed by atoms with Crippen molar-refractivity contribution in [3.63, 3.8) is 0 Å². The molecule has 8 heteroatoms. The van der Waals surface area contributed by atoms with Gasteiger partial charge in [0.2, 0.25) is 5.91 Å². The van der Waals surface area contributed by atoms with Gasteiger partial charge in [-0.25, -0.2) is 4.79 Å². The summed E-state index contributed by atoms with van der Waals surface area (Å²) in [7, 11) is 0. The Balaban J connectivity index is 1.72. The van der Waals surface area contributed by atoms with E-state index in [1.807, 2.05) is 55.5 Å². The van der Waals surface area contributed by atoms with E-state index in [1.54, 1.807) is 25.1 Å². The second-order valence-electron chi connectivity index (χ2n) is 7.75. The Morgan fingerprint density at radius 3 is 2.16 bits per heavy atom. The van der Waals surface area contributed by atoms with Crippen LogP contribution in [0.15, 0.2) is 95.9 Å². The highest BCUT2D eigenvalue weighted by atomic mass is 16.3. The maximum Gasteiger partial charge on any atom is 0.336 e. The molecule has 1 fully saturated rings. The van der Waals surface area contributed by atoms with Gasteiger partial charge in [-0.2, -0.15) is 0 Å². The summed E-state index contributed by atoms with van der Waals surface area (Å²) < 4.78 is 0. The molecule has 2 aliphatic rings. The minimum atomic E-state index is -0.879. The smallest absolute Gasteiger partial charge is 0.336 e. The van der Waals surface area contributed by atoms with Crippen LogP contribution in [0.5, 0.6) is 0 Å². The van der Waals surface area contributed by atoms with Crippen LogP contribution < -0.4 is 15.3 Å². The summed E-state index contributed by atoms with van der Waals surface area (Å²) >= 11 is 0. The summed E-state index contributed by atoms with van der Waals surface area (Å²) in [6, 6.07) is 18.1. The molecular weight excluding hydrogens is 406 g/mol. The zero-order valence-corrected chi connectivity index (χ0v) is 17.9. The zero-order chi connectivity index (χ0) is 22.8. The Kier molecular flexibility index (Phi) is 6.02. The van der Waals surface area contributed by atoms with E-state index in [2.05, 4.69) is 22.7 Å². The van der Waals surface area contributed by atoms with E-state index in [4.69, 9.17) is 0 Å². The van der Waals surface area contributed by atoms with Gasteiger partial charge < -0.3 is 31.3 Å². The van der Waals surface area contributed by atoms with Crippen LogP contribution >= 0.6 is 0 Å². The highest BCUT2D eigenvalue weighted by Gasteiger charge is 2.35. The van der Waals surface area contributed by atoms with Gasteiger partial charge in [-0.15, -0.1) is 0 Å². The van der Waals surface area contributed by atoms with E-state index < -0.39 is 12.1 Å². The third-order valence-electron chi connectivity index (χ3n) is 5.36. The van der Waals surface area contributed by atoms with Gasteiger partial charge in [0.15, 0.2) is 0 Å². The van der Waals surface area contributed by atoms with Crippen molar-refractivity contribution in [2.24, 2.45) is 0 Å². The van der Waals surface area contributed by atoms with Crippen LogP contribution in [0.1, 0.15) is 13.8 Å². The number of amides is 2. The van der Waals surface area contributed by atoms with Gasteiger partial charge in [0.05, 0.1) is 5.57 Å². The molecule has 4 rings (SSSR count). The molecule has 164 valence electrons. The Morgan fingerprint density at radius 1 is 1.03 bits per heavy atom. The summed E-state index contributed by atoms with van der Waals surface area (Å²) in [5, 5.41) is 14.4. The van der Waals surface area contributed by atoms with Crippen LogP contribution in [0.3, 0.4) is 0 Å². The van der Waals surface area contributed by atoms with Gasteiger partial charge in [0.25, 0.3) is 5.88 Å². The molecule has 2 aromatic rings. The standard InChI is InChI=1S/C24H25N5O3/c1-15(2)22(30)25-21-20(24(32)29(27-21)18-12-8-5-9-13-18)14-19-16(3)26-28(23(19)31)17-10-6-4-7-11-17/h4-14,16,21,28-29,31H,1H2,2-3H3,(H,25,30)/b20-14-. The Hall–Kier alpha value is -3.56. The summed E-state index contributed by atoms with van der Waals surface area (Å²) in [6.45, 7) is 7.09. The average Bonchev–Trinajstić information content (AvgIpc) is 3.26. The number of hydrogen-bond acceptors (Lipinski definition) is 3. The SMILES string of the molecule is C=C(C)C(=O)NC1[N-][NH+](c2ccccc2)C(=O)/C1=C\C1=C(O)[NH+](c2ccccc2)[N-]C1C. The van der Waals surface area contributed by atoms with E-state index in [1.165, 1.54) is 0 Å². The lowest BCUT2D eigenvalue weighted by Gasteiger charge is -2.25. The molecule has 4 atom stereocenters. The van der Waals surface area contributed by atoms with Gasteiger partial charge in [0.1, 0.15) is 11.4 Å². The Bertz CT molecular complexity index is 1110. The van der Waals surface area contributed by atoms with Crippen molar-refractivity contribution in [3.05, 3.63) is 107 Å². The first kappa shape index (κ1) is 21.7.